The van der Waals surface area contributed by atoms with Crippen molar-refractivity contribution >= 4 is 22.7 Å². The van der Waals surface area contributed by atoms with E-state index in [1.54, 1.807) is 17.8 Å². The second-order valence-corrected chi connectivity index (χ2v) is 8.93. The molecular weight excluding hydrogens is 412 g/mol. The fourth-order valence-corrected chi connectivity index (χ4v) is 4.63. The van der Waals surface area contributed by atoms with Crippen LogP contribution in [-0.2, 0) is 10.5 Å². The molecule has 1 N–H and O–H groups in total. The maximum atomic E-state index is 13.9. The normalized spacial score (nSPS) is 20.6. The Kier molecular flexibility index (Phi) is 8.47. The number of ether oxygens (including phenoxy) is 2. The predicted octanol–water partition coefficient (Wildman–Crippen LogP) is 3.53. The Morgan fingerprint density at radius 1 is 1.33 bits per heavy atom. The molecular formula is C21H29F2N3O3S. The molecule has 166 valence electrons. The van der Waals surface area contributed by atoms with E-state index in [2.05, 4.69) is 9.97 Å². The monoisotopic (exact) mass is 441 g/mol. The lowest BCUT2D eigenvalue weighted by Gasteiger charge is -2.24. The van der Waals surface area contributed by atoms with Gasteiger partial charge in [0.25, 0.3) is 5.56 Å². The minimum Gasteiger partial charge on any atom is -0.497 e. The summed E-state index contributed by atoms with van der Waals surface area (Å²) in [5.74, 6) is 0.883. The number of rotatable bonds is 4. The van der Waals surface area contributed by atoms with Crippen LogP contribution in [0.4, 0.5) is 8.78 Å². The molecule has 0 spiro atoms. The molecule has 1 aromatic carbocycles. The summed E-state index contributed by atoms with van der Waals surface area (Å²) in [6.07, 6.45) is 3.24. The number of thioether (sulfide) groups is 1. The first-order chi connectivity index (χ1) is 14.5. The van der Waals surface area contributed by atoms with E-state index in [0.29, 0.717) is 34.6 Å². The Hall–Kier alpha value is -1.71. The number of piperidine rings is 1. The van der Waals surface area contributed by atoms with Gasteiger partial charge < -0.3 is 19.4 Å². The molecule has 6 nitrogen and oxygen atoms in total. The molecule has 2 saturated heterocycles. The minimum absolute atomic E-state index is 0.0272. The second-order valence-electron chi connectivity index (χ2n) is 7.64. The van der Waals surface area contributed by atoms with Crippen molar-refractivity contribution in [1.82, 2.24) is 14.9 Å². The molecule has 30 heavy (non-hydrogen) atoms. The smallest absolute Gasteiger partial charge is 0.261 e. The number of alkyl halides is 1. The van der Waals surface area contributed by atoms with Crippen LogP contribution in [0.3, 0.4) is 0 Å². The largest absolute Gasteiger partial charge is 0.497 e. The molecule has 9 heteroatoms. The molecule has 1 aromatic heterocycles. The van der Waals surface area contributed by atoms with Crippen LogP contribution in [0.5, 0.6) is 5.75 Å². The minimum atomic E-state index is -0.619. The van der Waals surface area contributed by atoms with E-state index in [1.807, 2.05) is 11.9 Å². The molecule has 0 saturated carbocycles. The number of hydrogen-bond acceptors (Lipinski definition) is 6. The van der Waals surface area contributed by atoms with Gasteiger partial charge in [0.1, 0.15) is 28.9 Å². The van der Waals surface area contributed by atoms with Crippen molar-refractivity contribution in [2.75, 3.05) is 40.5 Å². The number of hydrogen-bond donors (Lipinski definition) is 1. The number of H-pyrrole nitrogens is 1. The van der Waals surface area contributed by atoms with Crippen molar-refractivity contribution in [3.63, 3.8) is 0 Å². The zero-order valence-corrected chi connectivity index (χ0v) is 18.3. The van der Waals surface area contributed by atoms with Gasteiger partial charge >= 0.3 is 0 Å². The van der Waals surface area contributed by atoms with E-state index in [-0.39, 0.29) is 5.39 Å². The first-order valence-electron chi connectivity index (χ1n) is 10.2. The first kappa shape index (κ1) is 23.0. The van der Waals surface area contributed by atoms with Gasteiger partial charge in [-0.05, 0) is 39.3 Å². The van der Waals surface area contributed by atoms with E-state index in [4.69, 9.17) is 9.47 Å². The van der Waals surface area contributed by atoms with Crippen LogP contribution in [0, 0.1) is 5.82 Å². The molecule has 1 unspecified atom stereocenters. The van der Waals surface area contributed by atoms with E-state index in [1.165, 1.54) is 13.2 Å². The highest BCUT2D eigenvalue weighted by Crippen LogP contribution is 2.25. The number of benzene rings is 1. The topological polar surface area (TPSA) is 67.5 Å². The lowest BCUT2D eigenvalue weighted by Crippen LogP contribution is -2.32. The van der Waals surface area contributed by atoms with Crippen molar-refractivity contribution in [3.8, 4) is 5.75 Å². The van der Waals surface area contributed by atoms with Gasteiger partial charge in [-0.25, -0.2) is 13.8 Å². The van der Waals surface area contributed by atoms with Gasteiger partial charge in [-0.2, -0.15) is 11.8 Å². The molecule has 0 radical (unpaired) electrons. The average Bonchev–Trinajstić information content (AvgIpc) is 2.72. The molecule has 2 fully saturated rings. The van der Waals surface area contributed by atoms with Crippen LogP contribution in [0.25, 0.3) is 10.9 Å². The van der Waals surface area contributed by atoms with Crippen molar-refractivity contribution in [1.29, 1.82) is 0 Å². The van der Waals surface area contributed by atoms with Gasteiger partial charge in [-0.15, -0.1) is 0 Å². The Morgan fingerprint density at radius 3 is 2.73 bits per heavy atom. The summed E-state index contributed by atoms with van der Waals surface area (Å²) in [5.41, 5.74) is -0.129. The Morgan fingerprint density at radius 2 is 2.10 bits per heavy atom. The summed E-state index contributed by atoms with van der Waals surface area (Å²) >= 11 is 1.74. The van der Waals surface area contributed by atoms with Crippen LogP contribution >= 0.6 is 11.8 Å². The first-order valence-corrected chi connectivity index (χ1v) is 11.3. The van der Waals surface area contributed by atoms with E-state index in [9.17, 15) is 13.6 Å². The number of fused-ring (bicyclic) bond motifs is 1. The van der Waals surface area contributed by atoms with E-state index < -0.39 is 17.5 Å². The molecule has 0 amide bonds. The molecule has 3 heterocycles. The van der Waals surface area contributed by atoms with Crippen LogP contribution in [0.1, 0.15) is 31.5 Å². The van der Waals surface area contributed by atoms with Crippen molar-refractivity contribution in [3.05, 3.63) is 34.1 Å². The summed E-state index contributed by atoms with van der Waals surface area (Å²) in [5, 5.41) is 0.484. The number of aromatic nitrogens is 2. The number of methoxy groups -OCH3 is 1. The SMILES string of the molecule is CN1CCCC(F)C1.COc1cc(F)c2c(=O)[nH]c(CSC3CCOCC3)nc2c1. The number of nitrogens with zero attached hydrogens (tertiary/aromatic N) is 2. The maximum Gasteiger partial charge on any atom is 0.261 e. The quantitative estimate of drug-likeness (QED) is 0.783. The zero-order valence-electron chi connectivity index (χ0n) is 17.5. The standard InChI is InChI=1S/C15H17FN2O3S.C6H12FN/c1-20-9-6-11(16)14-12(7-9)17-13(18-15(14)19)8-22-10-2-4-21-5-3-10;1-8-4-2-3-6(7)5-8/h6-7,10H,2-5,8H2,1H3,(H,17,18,19);6H,2-5H2,1H3. The van der Waals surface area contributed by atoms with Crippen LogP contribution in [0.2, 0.25) is 0 Å². The lowest BCUT2D eigenvalue weighted by atomic mass is 10.1. The van der Waals surface area contributed by atoms with Gasteiger partial charge in [0, 0.05) is 37.1 Å². The highest BCUT2D eigenvalue weighted by Gasteiger charge is 2.16. The van der Waals surface area contributed by atoms with E-state index >= 15 is 0 Å². The van der Waals surface area contributed by atoms with E-state index in [0.717, 1.165) is 45.4 Å². The number of nitrogens with one attached hydrogen (secondary N) is 1. The molecule has 0 bridgehead atoms. The Balaban J connectivity index is 0.000000269. The number of halogens is 2. The summed E-state index contributed by atoms with van der Waals surface area (Å²) < 4.78 is 36.7. The summed E-state index contributed by atoms with van der Waals surface area (Å²) in [6, 6.07) is 2.77. The maximum absolute atomic E-state index is 13.9. The number of likely N-dealkylation sites (tertiary alicyclic amines) is 1. The summed E-state index contributed by atoms with van der Waals surface area (Å²) in [6.45, 7) is 3.27. The third kappa shape index (κ3) is 6.39. The highest BCUT2D eigenvalue weighted by atomic mass is 32.2. The van der Waals surface area contributed by atoms with Crippen LogP contribution < -0.4 is 10.3 Å². The molecule has 2 aromatic rings. The predicted molar refractivity (Wildman–Crippen MR) is 116 cm³/mol. The molecule has 0 aliphatic carbocycles. The lowest BCUT2D eigenvalue weighted by molar-refractivity contribution is 0.1000. The molecule has 2 aliphatic rings. The zero-order chi connectivity index (χ0) is 21.5. The van der Waals surface area contributed by atoms with Crippen molar-refractivity contribution in [2.24, 2.45) is 0 Å². The van der Waals surface area contributed by atoms with Gasteiger partial charge in [-0.3, -0.25) is 4.79 Å². The molecule has 2 aliphatic heterocycles. The summed E-state index contributed by atoms with van der Waals surface area (Å²) in [7, 11) is 3.42. The summed E-state index contributed by atoms with van der Waals surface area (Å²) in [4.78, 5) is 21.1. The molecule has 4 rings (SSSR count). The van der Waals surface area contributed by atoms with Gasteiger partial charge in [0.2, 0.25) is 0 Å². The van der Waals surface area contributed by atoms with Gasteiger partial charge in [0.05, 0.1) is 18.4 Å². The second kappa shape index (κ2) is 11.1. The number of aromatic amines is 1. The molecule has 1 atom stereocenters. The Bertz CT molecular complexity index is 882. The average molecular weight is 442 g/mol. The van der Waals surface area contributed by atoms with Gasteiger partial charge in [-0.1, -0.05) is 0 Å². The van der Waals surface area contributed by atoms with Crippen LogP contribution in [-0.4, -0.2) is 66.8 Å². The third-order valence-corrected chi connectivity index (χ3v) is 6.59. The fourth-order valence-electron chi connectivity index (χ4n) is 3.58. The van der Waals surface area contributed by atoms with Crippen molar-refractivity contribution in [2.45, 2.75) is 42.9 Å². The van der Waals surface area contributed by atoms with Gasteiger partial charge in [0.15, 0.2) is 0 Å². The van der Waals surface area contributed by atoms with Crippen LogP contribution in [0.15, 0.2) is 16.9 Å². The Labute approximate surface area is 179 Å². The third-order valence-electron chi connectivity index (χ3n) is 5.21. The fraction of sp³-hybridized carbons (Fsp3) is 0.619. The van der Waals surface area contributed by atoms with Crippen molar-refractivity contribution < 1.29 is 18.3 Å². The highest BCUT2D eigenvalue weighted by molar-refractivity contribution is 7.99.